The highest BCUT2D eigenvalue weighted by Gasteiger charge is 2.10. The van der Waals surface area contributed by atoms with E-state index in [0.717, 1.165) is 4.90 Å². The number of anilines is 1. The highest BCUT2D eigenvalue weighted by molar-refractivity contribution is 7.99. The molecule has 0 aliphatic carbocycles. The van der Waals surface area contributed by atoms with Crippen molar-refractivity contribution >= 4 is 23.4 Å². The number of carbonyl (C=O) groups is 1. The Bertz CT molecular complexity index is 397. The summed E-state index contributed by atoms with van der Waals surface area (Å²) in [5, 5.41) is 17.9. The summed E-state index contributed by atoms with van der Waals surface area (Å²) in [5.74, 6) is -0.0956. The Labute approximate surface area is 104 Å². The summed E-state index contributed by atoms with van der Waals surface area (Å²) < 4.78 is 4.57. The van der Waals surface area contributed by atoms with Gasteiger partial charge in [0, 0.05) is 16.3 Å². The van der Waals surface area contributed by atoms with Gasteiger partial charge in [0.15, 0.2) is 0 Å². The SMILES string of the molecule is COC(=O)c1ccc(SCC(O)CO)c(N)c1. The van der Waals surface area contributed by atoms with Gasteiger partial charge in [-0.05, 0) is 18.2 Å². The lowest BCUT2D eigenvalue weighted by Gasteiger charge is -2.09. The molecule has 0 aliphatic rings. The van der Waals surface area contributed by atoms with Crippen LogP contribution in [0.25, 0.3) is 0 Å². The minimum atomic E-state index is -0.778. The molecular formula is C11H15NO4S. The fraction of sp³-hybridized carbons (Fsp3) is 0.364. The first-order valence-corrected chi connectivity index (χ1v) is 5.96. The number of ether oxygens (including phenoxy) is 1. The van der Waals surface area contributed by atoms with Crippen LogP contribution in [0.15, 0.2) is 23.1 Å². The van der Waals surface area contributed by atoms with E-state index >= 15 is 0 Å². The molecule has 1 aromatic carbocycles. The lowest BCUT2D eigenvalue weighted by atomic mass is 10.2. The van der Waals surface area contributed by atoms with Gasteiger partial charge in [-0.1, -0.05) is 0 Å². The number of thioether (sulfide) groups is 1. The summed E-state index contributed by atoms with van der Waals surface area (Å²) in [6.45, 7) is -0.285. The Hall–Kier alpha value is -1.24. The fourth-order valence-corrected chi connectivity index (χ4v) is 2.03. The first kappa shape index (κ1) is 13.8. The molecule has 0 heterocycles. The number of hydrogen-bond acceptors (Lipinski definition) is 6. The topological polar surface area (TPSA) is 92.8 Å². The molecule has 6 heteroatoms. The normalized spacial score (nSPS) is 12.2. The maximum Gasteiger partial charge on any atom is 0.337 e. The maximum absolute atomic E-state index is 11.2. The van der Waals surface area contributed by atoms with Crippen LogP contribution in [0.3, 0.4) is 0 Å². The Balaban J connectivity index is 2.73. The van der Waals surface area contributed by atoms with Crippen molar-refractivity contribution < 1.29 is 19.7 Å². The minimum Gasteiger partial charge on any atom is -0.465 e. The van der Waals surface area contributed by atoms with Gasteiger partial charge in [-0.3, -0.25) is 0 Å². The molecule has 5 nitrogen and oxygen atoms in total. The van der Waals surface area contributed by atoms with Crippen molar-refractivity contribution in [2.24, 2.45) is 0 Å². The van der Waals surface area contributed by atoms with Crippen LogP contribution in [-0.2, 0) is 4.74 Å². The maximum atomic E-state index is 11.2. The summed E-state index contributed by atoms with van der Waals surface area (Å²) in [6, 6.07) is 4.83. The predicted molar refractivity (Wildman–Crippen MR) is 66.0 cm³/mol. The van der Waals surface area contributed by atoms with Crippen molar-refractivity contribution in [3.8, 4) is 0 Å². The quantitative estimate of drug-likeness (QED) is 0.404. The standard InChI is InChI=1S/C11H15NO4S/c1-16-11(15)7-2-3-10(9(12)4-7)17-6-8(14)5-13/h2-4,8,13-14H,5-6,12H2,1H3. The van der Waals surface area contributed by atoms with Gasteiger partial charge in [0.05, 0.1) is 25.4 Å². The monoisotopic (exact) mass is 257 g/mol. The van der Waals surface area contributed by atoms with Crippen molar-refractivity contribution in [1.82, 2.24) is 0 Å². The molecule has 0 aliphatic heterocycles. The van der Waals surface area contributed by atoms with Crippen LogP contribution in [0.5, 0.6) is 0 Å². The summed E-state index contributed by atoms with van der Waals surface area (Å²) in [7, 11) is 1.30. The lowest BCUT2D eigenvalue weighted by Crippen LogP contribution is -2.14. The zero-order chi connectivity index (χ0) is 12.8. The van der Waals surface area contributed by atoms with E-state index in [1.165, 1.54) is 24.9 Å². The summed E-state index contributed by atoms with van der Waals surface area (Å²) in [5.41, 5.74) is 6.60. The van der Waals surface area contributed by atoms with E-state index < -0.39 is 12.1 Å². The Kier molecular flexibility index (Phi) is 5.27. The van der Waals surface area contributed by atoms with Crippen LogP contribution in [0.1, 0.15) is 10.4 Å². The van der Waals surface area contributed by atoms with Gasteiger partial charge in [0.2, 0.25) is 0 Å². The molecule has 0 fully saturated rings. The first-order valence-electron chi connectivity index (χ1n) is 4.98. The third-order valence-corrected chi connectivity index (χ3v) is 3.31. The molecule has 1 atom stereocenters. The molecule has 4 N–H and O–H groups in total. The largest absolute Gasteiger partial charge is 0.465 e. The summed E-state index contributed by atoms with van der Waals surface area (Å²) in [6.07, 6.45) is -0.778. The van der Waals surface area contributed by atoms with Gasteiger partial charge in [-0.15, -0.1) is 11.8 Å². The molecular weight excluding hydrogens is 242 g/mol. The number of nitrogen functional groups attached to an aromatic ring is 1. The zero-order valence-corrected chi connectivity index (χ0v) is 10.2. The average Bonchev–Trinajstić information content (AvgIpc) is 2.35. The van der Waals surface area contributed by atoms with E-state index in [9.17, 15) is 9.90 Å². The van der Waals surface area contributed by atoms with Gasteiger partial charge in [0.1, 0.15) is 0 Å². The zero-order valence-electron chi connectivity index (χ0n) is 9.42. The van der Waals surface area contributed by atoms with Crippen LogP contribution >= 0.6 is 11.8 Å². The van der Waals surface area contributed by atoms with Crippen molar-refractivity contribution in [2.75, 3.05) is 25.2 Å². The summed E-state index contributed by atoms with van der Waals surface area (Å²) in [4.78, 5) is 12.0. The van der Waals surface area contributed by atoms with Crippen molar-refractivity contribution in [2.45, 2.75) is 11.0 Å². The lowest BCUT2D eigenvalue weighted by molar-refractivity contribution is 0.0600. The van der Waals surface area contributed by atoms with Crippen molar-refractivity contribution in [3.63, 3.8) is 0 Å². The van der Waals surface area contributed by atoms with Gasteiger partial charge < -0.3 is 20.7 Å². The molecule has 1 aromatic rings. The van der Waals surface area contributed by atoms with E-state index in [4.69, 9.17) is 10.8 Å². The number of aliphatic hydroxyl groups is 2. The molecule has 0 aromatic heterocycles. The molecule has 1 rings (SSSR count). The Morgan fingerprint density at radius 3 is 2.82 bits per heavy atom. The van der Waals surface area contributed by atoms with E-state index in [0.29, 0.717) is 17.0 Å². The van der Waals surface area contributed by atoms with Crippen LogP contribution in [-0.4, -0.2) is 41.8 Å². The van der Waals surface area contributed by atoms with E-state index in [-0.39, 0.29) is 6.61 Å². The summed E-state index contributed by atoms with van der Waals surface area (Å²) >= 11 is 1.32. The van der Waals surface area contributed by atoms with E-state index in [1.807, 2.05) is 0 Å². The van der Waals surface area contributed by atoms with Crippen LogP contribution < -0.4 is 5.73 Å². The highest BCUT2D eigenvalue weighted by Crippen LogP contribution is 2.26. The van der Waals surface area contributed by atoms with Gasteiger partial charge in [-0.25, -0.2) is 4.79 Å². The first-order chi connectivity index (χ1) is 8.08. The smallest absolute Gasteiger partial charge is 0.337 e. The Morgan fingerprint density at radius 2 is 2.29 bits per heavy atom. The number of methoxy groups -OCH3 is 1. The molecule has 94 valence electrons. The van der Waals surface area contributed by atoms with Gasteiger partial charge in [0.25, 0.3) is 0 Å². The number of carbonyl (C=O) groups excluding carboxylic acids is 1. The highest BCUT2D eigenvalue weighted by atomic mass is 32.2. The van der Waals surface area contributed by atoms with E-state index in [1.54, 1.807) is 12.1 Å². The number of nitrogens with two attached hydrogens (primary N) is 1. The molecule has 0 amide bonds. The molecule has 0 spiro atoms. The van der Waals surface area contributed by atoms with E-state index in [2.05, 4.69) is 4.74 Å². The van der Waals surface area contributed by atoms with Crippen molar-refractivity contribution in [3.05, 3.63) is 23.8 Å². The average molecular weight is 257 g/mol. The molecule has 0 saturated heterocycles. The van der Waals surface area contributed by atoms with Crippen LogP contribution in [0.2, 0.25) is 0 Å². The fourth-order valence-electron chi connectivity index (χ4n) is 1.16. The van der Waals surface area contributed by atoms with Crippen LogP contribution in [0, 0.1) is 0 Å². The second-order valence-electron chi connectivity index (χ2n) is 3.39. The molecule has 0 saturated carbocycles. The molecule has 0 radical (unpaired) electrons. The number of esters is 1. The number of aliphatic hydroxyl groups excluding tert-OH is 2. The minimum absolute atomic E-state index is 0.285. The van der Waals surface area contributed by atoms with Gasteiger partial charge in [-0.2, -0.15) is 0 Å². The second-order valence-corrected chi connectivity index (χ2v) is 4.45. The van der Waals surface area contributed by atoms with Gasteiger partial charge >= 0.3 is 5.97 Å². The molecule has 0 bridgehead atoms. The van der Waals surface area contributed by atoms with Crippen molar-refractivity contribution in [1.29, 1.82) is 0 Å². The number of rotatable bonds is 5. The number of hydrogen-bond donors (Lipinski definition) is 3. The third kappa shape index (κ3) is 3.92. The third-order valence-electron chi connectivity index (χ3n) is 2.07. The second kappa shape index (κ2) is 6.48. The predicted octanol–water partition coefficient (Wildman–Crippen LogP) is 0.501. The number of benzene rings is 1. The Morgan fingerprint density at radius 1 is 1.59 bits per heavy atom. The van der Waals surface area contributed by atoms with Crippen LogP contribution in [0.4, 0.5) is 5.69 Å². The molecule has 1 unspecified atom stereocenters. The molecule has 17 heavy (non-hydrogen) atoms.